The summed E-state index contributed by atoms with van der Waals surface area (Å²) in [5, 5.41) is 13.1. The van der Waals surface area contributed by atoms with Crippen LogP contribution in [-0.2, 0) is 23.4 Å². The molecule has 0 aromatic heterocycles. The highest BCUT2D eigenvalue weighted by Crippen LogP contribution is 2.61. The van der Waals surface area contributed by atoms with Crippen molar-refractivity contribution in [2.24, 2.45) is 11.3 Å². The molecule has 11 nitrogen and oxygen atoms in total. The molecule has 4 rings (SSSR count). The van der Waals surface area contributed by atoms with Crippen LogP contribution in [0.1, 0.15) is 84.5 Å². The lowest BCUT2D eigenvalue weighted by Crippen LogP contribution is -2.45. The molecule has 0 amide bonds. The Bertz CT molecular complexity index is 1090. The zero-order valence-corrected chi connectivity index (χ0v) is 23.9. The lowest BCUT2D eigenvalue weighted by molar-refractivity contribution is -0.170. The van der Waals surface area contributed by atoms with Crippen molar-refractivity contribution in [2.45, 2.75) is 96.9 Å². The third kappa shape index (κ3) is 6.64. The molecular weight excluding hydrogens is 527 g/mol. The van der Waals surface area contributed by atoms with Crippen LogP contribution in [0.5, 0.6) is 0 Å². The lowest BCUT2D eigenvalue weighted by Gasteiger charge is -2.38. The summed E-state index contributed by atoms with van der Waals surface area (Å²) in [6.45, 7) is 4.37. The van der Waals surface area contributed by atoms with Gasteiger partial charge in [0.25, 0.3) is 10.9 Å². The van der Waals surface area contributed by atoms with E-state index in [1.807, 2.05) is 0 Å². The number of anilines is 2. The van der Waals surface area contributed by atoms with Crippen molar-refractivity contribution in [3.63, 3.8) is 0 Å². The fourth-order valence-electron chi connectivity index (χ4n) is 6.22. The van der Waals surface area contributed by atoms with Crippen molar-refractivity contribution in [1.82, 2.24) is 0 Å². The summed E-state index contributed by atoms with van der Waals surface area (Å²) >= 11 is 0. The highest BCUT2D eigenvalue weighted by atomic mass is 31.2. The van der Waals surface area contributed by atoms with E-state index in [0.29, 0.717) is 38.0 Å². The maximum Gasteiger partial charge on any atom is 0.414 e. The molecule has 2 fully saturated rings. The molecule has 3 atom stereocenters. The zero-order valence-electron chi connectivity index (χ0n) is 23.0. The van der Waals surface area contributed by atoms with Crippen LogP contribution < -0.4 is 21.1 Å². The quantitative estimate of drug-likeness (QED) is 0.155. The van der Waals surface area contributed by atoms with Gasteiger partial charge in [-0.25, -0.2) is 0 Å². The van der Waals surface area contributed by atoms with E-state index in [-0.39, 0.29) is 30.3 Å². The van der Waals surface area contributed by atoms with Gasteiger partial charge in [-0.2, -0.15) is 9.42 Å². The van der Waals surface area contributed by atoms with E-state index in [4.69, 9.17) is 13.8 Å². The average molecular weight is 570 g/mol. The van der Waals surface area contributed by atoms with Gasteiger partial charge in [-0.1, -0.05) is 38.5 Å². The molecule has 0 radical (unpaired) electrons. The van der Waals surface area contributed by atoms with Crippen LogP contribution >= 0.6 is 7.94 Å². The van der Waals surface area contributed by atoms with Gasteiger partial charge in [-0.05, 0) is 39.0 Å². The first-order chi connectivity index (χ1) is 18.6. The molecule has 218 valence electrons. The van der Waals surface area contributed by atoms with Gasteiger partial charge < -0.3 is 20.1 Å². The molecule has 2 aliphatic carbocycles. The van der Waals surface area contributed by atoms with Gasteiger partial charge in [0.15, 0.2) is 6.16 Å². The van der Waals surface area contributed by atoms with Gasteiger partial charge in [0.2, 0.25) is 6.29 Å². The Balaban J connectivity index is 1.50. The first-order valence-electron chi connectivity index (χ1n) is 14.3. The molecule has 3 N–H and O–H groups in total. The summed E-state index contributed by atoms with van der Waals surface area (Å²) in [4.78, 5) is 62.9. The molecule has 1 aromatic carbocycles. The molecule has 1 aliphatic heterocycles. The molecule has 0 bridgehead atoms. The summed E-state index contributed by atoms with van der Waals surface area (Å²) < 4.78 is 17.6. The number of ether oxygens (including phenoxy) is 1. The molecule has 0 spiro atoms. The van der Waals surface area contributed by atoms with Gasteiger partial charge in [0.1, 0.15) is 17.5 Å². The van der Waals surface area contributed by atoms with Gasteiger partial charge in [0.05, 0.1) is 17.9 Å². The van der Waals surface area contributed by atoms with Gasteiger partial charge >= 0.3 is 19.9 Å². The monoisotopic (exact) mass is 569 g/mol. The van der Waals surface area contributed by atoms with E-state index in [0.717, 1.165) is 51.4 Å². The van der Waals surface area contributed by atoms with E-state index in [1.165, 1.54) is 6.92 Å². The van der Waals surface area contributed by atoms with E-state index in [1.54, 1.807) is 11.8 Å². The smallest absolute Gasteiger partial charge is 0.414 e. The lowest BCUT2D eigenvalue weighted by atomic mass is 9.71. The van der Waals surface area contributed by atoms with Crippen LogP contribution in [0, 0.1) is 11.3 Å². The number of nitrogens with one attached hydrogen (secondary N) is 1. The molecule has 0 saturated heterocycles. The number of esters is 1. The fourth-order valence-corrected chi connectivity index (χ4v) is 8.18. The first-order valence-corrected chi connectivity index (χ1v) is 16.1. The Morgan fingerprint density at radius 3 is 2.36 bits per heavy atom. The van der Waals surface area contributed by atoms with Gasteiger partial charge in [0, 0.05) is 20.0 Å². The van der Waals surface area contributed by atoms with Crippen LogP contribution in [0.15, 0.2) is 9.59 Å². The Morgan fingerprint density at radius 1 is 1.03 bits per heavy atom. The Labute approximate surface area is 229 Å². The van der Waals surface area contributed by atoms with Crippen molar-refractivity contribution in [1.29, 1.82) is 0 Å². The standard InChI is InChI=1S/C27H41N2O9P/c1-18(27(26(33)34)12-7-4-8-13-27)37-39(35,38-19(2)36-25(32)20-10-5-3-6-11-20)17-16-29-15-9-14-28-21-22(29)24(31)23(21)30/h18-20,35H,3-17H2,1-2H3,(H-,28,31,33,34)/p+1. The highest BCUT2D eigenvalue weighted by Gasteiger charge is 2.54. The van der Waals surface area contributed by atoms with Crippen LogP contribution in [-0.4, -0.2) is 60.1 Å². The summed E-state index contributed by atoms with van der Waals surface area (Å²) in [5.74, 6) is -1.54. The molecule has 3 aliphatic rings. The number of rotatable bonds is 11. The van der Waals surface area contributed by atoms with E-state index < -0.39 is 42.6 Å². The van der Waals surface area contributed by atoms with Gasteiger partial charge in [-0.15, -0.1) is 4.52 Å². The highest BCUT2D eigenvalue weighted by molar-refractivity contribution is 7.60. The molecule has 1 heterocycles. The number of carbonyl (C=O) groups excluding carboxylic acids is 1. The number of aliphatic carboxylic acids is 1. The minimum absolute atomic E-state index is 0.0589. The largest absolute Gasteiger partial charge is 0.481 e. The molecule has 39 heavy (non-hydrogen) atoms. The topological polar surface area (TPSA) is 152 Å². The Kier molecular flexibility index (Phi) is 9.68. The first kappa shape index (κ1) is 29.9. The molecule has 3 unspecified atom stereocenters. The number of hydrogen-bond acceptors (Lipinski definition) is 10. The second kappa shape index (κ2) is 12.6. The van der Waals surface area contributed by atoms with E-state index in [9.17, 15) is 29.2 Å². The maximum absolute atomic E-state index is 12.7. The molecule has 12 heteroatoms. The SMILES string of the molecule is CC(OC(=O)C1CCCCC1)O[P+](O)(CCN1CCCNc2c1c(=O)c2=O)OC(C)C1(C(=O)O)CCCCC1. The van der Waals surface area contributed by atoms with Crippen LogP contribution in [0.4, 0.5) is 11.4 Å². The van der Waals surface area contributed by atoms with Crippen molar-refractivity contribution in [3.8, 4) is 0 Å². The number of hydrogen-bond donors (Lipinski definition) is 3. The summed E-state index contributed by atoms with van der Waals surface area (Å²) in [6, 6.07) is 0. The Morgan fingerprint density at radius 2 is 1.69 bits per heavy atom. The maximum atomic E-state index is 12.7. The normalized spacial score (nSPS) is 23.1. The summed E-state index contributed by atoms with van der Waals surface area (Å²) in [7, 11) is -3.79. The van der Waals surface area contributed by atoms with Crippen molar-refractivity contribution < 1.29 is 33.4 Å². The van der Waals surface area contributed by atoms with Crippen molar-refractivity contribution >= 4 is 31.3 Å². The van der Waals surface area contributed by atoms with Crippen molar-refractivity contribution in [3.05, 3.63) is 20.4 Å². The summed E-state index contributed by atoms with van der Waals surface area (Å²) in [5.41, 5.74) is -1.69. The second-order valence-electron chi connectivity index (χ2n) is 11.2. The minimum Gasteiger partial charge on any atom is -0.481 e. The number of carboxylic acids is 1. The number of fused-ring (bicyclic) bond motifs is 1. The van der Waals surface area contributed by atoms with Crippen LogP contribution in [0.3, 0.4) is 0 Å². The zero-order chi connectivity index (χ0) is 28.2. The molecular formula is C27H42N2O9P+. The van der Waals surface area contributed by atoms with E-state index >= 15 is 0 Å². The third-order valence-corrected chi connectivity index (χ3v) is 10.6. The number of carboxylic acid groups (broad SMARTS) is 1. The number of nitrogens with zero attached hydrogens (tertiary/aromatic N) is 1. The van der Waals surface area contributed by atoms with E-state index in [2.05, 4.69) is 5.32 Å². The average Bonchev–Trinajstić information content (AvgIpc) is 3.12. The van der Waals surface area contributed by atoms with Crippen LogP contribution in [0.2, 0.25) is 0 Å². The fraction of sp³-hybridized carbons (Fsp3) is 0.778. The molecule has 1 aromatic rings. The second-order valence-corrected chi connectivity index (χ2v) is 13.4. The minimum atomic E-state index is -3.79. The predicted molar refractivity (Wildman–Crippen MR) is 148 cm³/mol. The van der Waals surface area contributed by atoms with Gasteiger partial charge in [-0.3, -0.25) is 19.2 Å². The Hall–Kier alpha value is -2.07. The summed E-state index contributed by atoms with van der Waals surface area (Å²) in [6.07, 6.45) is 6.50. The number of carbonyl (C=O) groups is 2. The third-order valence-electron chi connectivity index (χ3n) is 8.57. The van der Waals surface area contributed by atoms with Crippen molar-refractivity contribution in [2.75, 3.05) is 36.0 Å². The predicted octanol–water partition coefficient (Wildman–Crippen LogP) is 3.59. The van der Waals surface area contributed by atoms with Crippen LogP contribution in [0.25, 0.3) is 0 Å². The molecule has 2 saturated carbocycles.